The maximum absolute atomic E-state index is 12.7. The van der Waals surface area contributed by atoms with Crippen LogP contribution in [0.25, 0.3) is 0 Å². The number of aromatic nitrogens is 2. The van der Waals surface area contributed by atoms with Crippen LogP contribution in [0.1, 0.15) is 49.7 Å². The van der Waals surface area contributed by atoms with E-state index < -0.39 is 0 Å². The molecule has 0 radical (unpaired) electrons. The Bertz CT molecular complexity index is 695. The molecule has 2 aliphatic heterocycles. The van der Waals surface area contributed by atoms with Gasteiger partial charge in [0.15, 0.2) is 0 Å². The first-order valence-electron chi connectivity index (χ1n) is 9.76. The van der Waals surface area contributed by atoms with E-state index in [0.717, 1.165) is 38.8 Å². The molecule has 0 spiro atoms. The zero-order valence-electron chi connectivity index (χ0n) is 15.8. The number of rotatable bonds is 4. The average molecular weight is 362 g/mol. The van der Waals surface area contributed by atoms with Gasteiger partial charge in [-0.25, -0.2) is 4.98 Å². The van der Waals surface area contributed by atoms with Crippen LogP contribution < -0.4 is 5.56 Å². The van der Waals surface area contributed by atoms with Gasteiger partial charge in [0, 0.05) is 43.4 Å². The SMILES string of the molecule is CCc1nc(C)c(CC(=O)N2CCC(N3CCC[C@@H](O)C3)CC2)c(=O)[nH]1. The lowest BCUT2D eigenvalue weighted by atomic mass is 9.98. The normalized spacial score (nSPS) is 22.6. The zero-order valence-corrected chi connectivity index (χ0v) is 15.8. The molecular formula is C19H30N4O3. The lowest BCUT2D eigenvalue weighted by molar-refractivity contribution is -0.132. The van der Waals surface area contributed by atoms with Crippen LogP contribution in [0.15, 0.2) is 4.79 Å². The van der Waals surface area contributed by atoms with E-state index in [4.69, 9.17) is 0 Å². The summed E-state index contributed by atoms with van der Waals surface area (Å²) in [7, 11) is 0. The number of hydrogen-bond acceptors (Lipinski definition) is 5. The maximum Gasteiger partial charge on any atom is 0.254 e. The molecule has 2 saturated heterocycles. The summed E-state index contributed by atoms with van der Waals surface area (Å²) in [5.74, 6) is 0.662. The molecule has 7 nitrogen and oxygen atoms in total. The van der Waals surface area contributed by atoms with Crippen LogP contribution in [0.5, 0.6) is 0 Å². The molecule has 1 atom stereocenters. The first-order chi connectivity index (χ1) is 12.5. The molecule has 1 aromatic heterocycles. The van der Waals surface area contributed by atoms with Gasteiger partial charge in [-0.05, 0) is 39.2 Å². The van der Waals surface area contributed by atoms with Crippen LogP contribution in [-0.2, 0) is 17.6 Å². The fraction of sp³-hybridized carbons (Fsp3) is 0.737. The van der Waals surface area contributed by atoms with Gasteiger partial charge in [-0.1, -0.05) is 6.92 Å². The molecule has 26 heavy (non-hydrogen) atoms. The number of aliphatic hydroxyl groups is 1. The highest BCUT2D eigenvalue weighted by Crippen LogP contribution is 2.21. The topological polar surface area (TPSA) is 89.5 Å². The molecule has 0 unspecified atom stereocenters. The minimum Gasteiger partial charge on any atom is -0.392 e. The Morgan fingerprint density at radius 1 is 1.27 bits per heavy atom. The van der Waals surface area contributed by atoms with Crippen molar-refractivity contribution in [3.63, 3.8) is 0 Å². The number of amides is 1. The minimum atomic E-state index is -0.211. The number of carbonyl (C=O) groups excluding carboxylic acids is 1. The van der Waals surface area contributed by atoms with Crippen LogP contribution >= 0.6 is 0 Å². The summed E-state index contributed by atoms with van der Waals surface area (Å²) >= 11 is 0. The summed E-state index contributed by atoms with van der Waals surface area (Å²) < 4.78 is 0. The third-order valence-corrected chi connectivity index (χ3v) is 5.70. The van der Waals surface area contributed by atoms with Crippen LogP contribution in [0, 0.1) is 6.92 Å². The third-order valence-electron chi connectivity index (χ3n) is 5.70. The van der Waals surface area contributed by atoms with Gasteiger partial charge >= 0.3 is 0 Å². The summed E-state index contributed by atoms with van der Waals surface area (Å²) in [5, 5.41) is 9.86. The van der Waals surface area contributed by atoms with Gasteiger partial charge in [0.1, 0.15) is 5.82 Å². The van der Waals surface area contributed by atoms with Crippen molar-refractivity contribution in [3.8, 4) is 0 Å². The lowest BCUT2D eigenvalue weighted by Crippen LogP contribution is -2.51. The number of aromatic amines is 1. The molecule has 144 valence electrons. The van der Waals surface area contributed by atoms with E-state index in [9.17, 15) is 14.7 Å². The number of aryl methyl sites for hydroxylation is 2. The lowest BCUT2D eigenvalue weighted by Gasteiger charge is -2.41. The Labute approximate surface area is 154 Å². The fourth-order valence-electron chi connectivity index (χ4n) is 4.10. The van der Waals surface area contributed by atoms with Crippen LogP contribution in [0.3, 0.4) is 0 Å². The number of aliphatic hydroxyl groups excluding tert-OH is 1. The highest BCUT2D eigenvalue weighted by atomic mass is 16.3. The third kappa shape index (κ3) is 4.32. The molecule has 3 heterocycles. The quantitative estimate of drug-likeness (QED) is 0.820. The van der Waals surface area contributed by atoms with Crippen molar-refractivity contribution < 1.29 is 9.90 Å². The molecular weight excluding hydrogens is 332 g/mol. The standard InChI is InChI=1S/C19H30N4O3/c1-3-17-20-13(2)16(19(26)21-17)11-18(25)22-9-6-14(7-10-22)23-8-4-5-15(24)12-23/h14-15,24H,3-12H2,1-2H3,(H,20,21,26)/t15-/m1/s1. The molecule has 0 saturated carbocycles. The van der Waals surface area contributed by atoms with Gasteiger partial charge in [-0.15, -0.1) is 0 Å². The Morgan fingerprint density at radius 2 is 2.00 bits per heavy atom. The van der Waals surface area contributed by atoms with Crippen molar-refractivity contribution in [2.75, 3.05) is 26.2 Å². The number of hydrogen-bond donors (Lipinski definition) is 2. The molecule has 0 aliphatic carbocycles. The van der Waals surface area contributed by atoms with E-state index in [0.29, 0.717) is 42.6 Å². The molecule has 1 aromatic rings. The van der Waals surface area contributed by atoms with E-state index in [1.54, 1.807) is 6.92 Å². The summed E-state index contributed by atoms with van der Waals surface area (Å²) in [4.78, 5) is 36.3. The van der Waals surface area contributed by atoms with Crippen molar-refractivity contribution in [2.45, 2.75) is 64.5 Å². The predicted octanol–water partition coefficient (Wildman–Crippen LogP) is 0.631. The summed E-state index contributed by atoms with van der Waals surface area (Å²) in [6.45, 7) is 6.96. The molecule has 7 heteroatoms. The van der Waals surface area contributed by atoms with E-state index in [-0.39, 0.29) is 24.0 Å². The van der Waals surface area contributed by atoms with E-state index >= 15 is 0 Å². The zero-order chi connectivity index (χ0) is 18.7. The second kappa shape index (κ2) is 8.31. The van der Waals surface area contributed by atoms with Gasteiger partial charge < -0.3 is 15.0 Å². The number of carbonyl (C=O) groups is 1. The van der Waals surface area contributed by atoms with Crippen molar-refractivity contribution in [3.05, 3.63) is 27.4 Å². The number of β-amino-alcohol motifs (C(OH)–C–C–N with tert-alkyl or cyclic N) is 1. The number of piperidine rings is 2. The Kier molecular flexibility index (Phi) is 6.09. The number of nitrogens with zero attached hydrogens (tertiary/aromatic N) is 3. The molecule has 1 amide bonds. The van der Waals surface area contributed by atoms with Crippen LogP contribution in [0.2, 0.25) is 0 Å². The van der Waals surface area contributed by atoms with E-state index in [1.165, 1.54) is 0 Å². The van der Waals surface area contributed by atoms with Gasteiger partial charge in [0.25, 0.3) is 5.56 Å². The second-order valence-corrected chi connectivity index (χ2v) is 7.51. The smallest absolute Gasteiger partial charge is 0.254 e. The monoisotopic (exact) mass is 362 g/mol. The van der Waals surface area contributed by atoms with Crippen molar-refractivity contribution >= 4 is 5.91 Å². The number of likely N-dealkylation sites (tertiary alicyclic amines) is 2. The van der Waals surface area contributed by atoms with Gasteiger partial charge in [0.2, 0.25) is 5.91 Å². The van der Waals surface area contributed by atoms with Gasteiger partial charge in [-0.2, -0.15) is 0 Å². The summed E-state index contributed by atoms with van der Waals surface area (Å²) in [6.07, 6.45) is 4.38. The van der Waals surface area contributed by atoms with Crippen molar-refractivity contribution in [1.82, 2.24) is 19.8 Å². The largest absolute Gasteiger partial charge is 0.392 e. The van der Waals surface area contributed by atoms with Crippen LogP contribution in [0.4, 0.5) is 0 Å². The predicted molar refractivity (Wildman–Crippen MR) is 99.1 cm³/mol. The Hall–Kier alpha value is -1.73. The Balaban J connectivity index is 1.56. The molecule has 2 aliphatic rings. The van der Waals surface area contributed by atoms with Gasteiger partial charge in [-0.3, -0.25) is 14.5 Å². The number of H-pyrrole nitrogens is 1. The summed E-state index contributed by atoms with van der Waals surface area (Å²) in [5.41, 5.74) is 0.935. The maximum atomic E-state index is 12.7. The van der Waals surface area contributed by atoms with Gasteiger partial charge in [0.05, 0.1) is 12.5 Å². The number of nitrogens with one attached hydrogen (secondary N) is 1. The molecule has 3 rings (SSSR count). The molecule has 2 fully saturated rings. The highest BCUT2D eigenvalue weighted by molar-refractivity contribution is 5.79. The van der Waals surface area contributed by atoms with Crippen molar-refractivity contribution in [1.29, 1.82) is 0 Å². The highest BCUT2D eigenvalue weighted by Gasteiger charge is 2.30. The van der Waals surface area contributed by atoms with Crippen LogP contribution in [-0.4, -0.2) is 69.1 Å². The first kappa shape index (κ1) is 19.0. The first-order valence-corrected chi connectivity index (χ1v) is 9.76. The minimum absolute atomic E-state index is 0.00165. The average Bonchev–Trinajstić information content (AvgIpc) is 2.64. The van der Waals surface area contributed by atoms with Crippen molar-refractivity contribution in [2.24, 2.45) is 0 Å². The van der Waals surface area contributed by atoms with E-state index in [1.807, 2.05) is 11.8 Å². The molecule has 2 N–H and O–H groups in total. The molecule has 0 aromatic carbocycles. The second-order valence-electron chi connectivity index (χ2n) is 7.51. The van der Waals surface area contributed by atoms with E-state index in [2.05, 4.69) is 14.9 Å². The fourth-order valence-corrected chi connectivity index (χ4v) is 4.10. The summed E-state index contributed by atoms with van der Waals surface area (Å²) in [6, 6.07) is 0.449. The Morgan fingerprint density at radius 3 is 2.62 bits per heavy atom. The molecule has 0 bridgehead atoms.